The zero-order chi connectivity index (χ0) is 21.5. The van der Waals surface area contributed by atoms with Gasteiger partial charge in [0, 0.05) is 0 Å². The molecule has 27 heavy (non-hydrogen) atoms. The van der Waals surface area contributed by atoms with Crippen molar-refractivity contribution in [3.63, 3.8) is 0 Å². The number of rotatable bonds is 5. The van der Waals surface area contributed by atoms with Gasteiger partial charge < -0.3 is 0 Å². The summed E-state index contributed by atoms with van der Waals surface area (Å²) in [6.07, 6.45) is 13.0. The molecule has 2 rings (SSSR count). The van der Waals surface area contributed by atoms with E-state index in [1.807, 2.05) is 27.7 Å². The van der Waals surface area contributed by atoms with E-state index < -0.39 is 0 Å². The molecule has 0 heteroatoms. The Morgan fingerprint density at radius 1 is 1.00 bits per heavy atom. The maximum absolute atomic E-state index is 3.74. The molecule has 1 aromatic rings. The van der Waals surface area contributed by atoms with E-state index in [2.05, 4.69) is 71.5 Å². The van der Waals surface area contributed by atoms with Crippen LogP contribution in [-0.4, -0.2) is 0 Å². The predicted molar refractivity (Wildman–Crippen MR) is 130 cm³/mol. The molecule has 0 radical (unpaired) electrons. The van der Waals surface area contributed by atoms with E-state index in [1.54, 1.807) is 0 Å². The molecule has 0 N–H and O–H groups in total. The second-order valence-corrected chi connectivity index (χ2v) is 6.86. The summed E-state index contributed by atoms with van der Waals surface area (Å²) < 4.78 is 0. The summed E-state index contributed by atoms with van der Waals surface area (Å²) in [4.78, 5) is 0. The lowest BCUT2D eigenvalue weighted by atomic mass is 10.0. The van der Waals surface area contributed by atoms with Gasteiger partial charge in [-0.3, -0.25) is 0 Å². The molecule has 1 aromatic carbocycles. The molecule has 0 amide bonds. The van der Waals surface area contributed by atoms with Crippen LogP contribution in [0.25, 0.3) is 0 Å². The third-order valence-electron chi connectivity index (χ3n) is 4.85. The first-order valence-corrected chi connectivity index (χ1v) is 11.8. The van der Waals surface area contributed by atoms with Gasteiger partial charge in [-0.25, -0.2) is 0 Å². The molecule has 0 aromatic heterocycles. The molecule has 1 aliphatic rings. The van der Waals surface area contributed by atoms with Crippen LogP contribution in [0.1, 0.15) is 111 Å². The lowest BCUT2D eigenvalue weighted by Gasteiger charge is -2.02. The topological polar surface area (TPSA) is 0 Å². The molecule has 0 nitrogen and oxygen atoms in total. The lowest BCUT2D eigenvalue weighted by Crippen LogP contribution is -1.88. The highest BCUT2D eigenvalue weighted by Gasteiger charge is 2.09. The lowest BCUT2D eigenvalue weighted by molar-refractivity contribution is 0.509. The molecule has 0 saturated heterocycles. The van der Waals surface area contributed by atoms with Gasteiger partial charge in [0.15, 0.2) is 0 Å². The minimum atomic E-state index is 0.861. The number of aryl methyl sites for hydroxylation is 2. The van der Waals surface area contributed by atoms with Crippen LogP contribution < -0.4 is 0 Å². The van der Waals surface area contributed by atoms with Gasteiger partial charge in [-0.1, -0.05) is 118 Å². The summed E-state index contributed by atoms with van der Waals surface area (Å²) in [6, 6.07) is 8.49. The van der Waals surface area contributed by atoms with Crippen molar-refractivity contribution in [1.82, 2.24) is 0 Å². The van der Waals surface area contributed by atoms with E-state index >= 15 is 0 Å². The van der Waals surface area contributed by atoms with Crippen molar-refractivity contribution >= 4 is 0 Å². The second-order valence-electron chi connectivity index (χ2n) is 6.86. The summed E-state index contributed by atoms with van der Waals surface area (Å²) in [5.74, 6) is 1.81. The summed E-state index contributed by atoms with van der Waals surface area (Å²) in [7, 11) is 0. The van der Waals surface area contributed by atoms with Crippen molar-refractivity contribution < 1.29 is 0 Å². The molecule has 160 valence electrons. The monoisotopic (exact) mass is 376 g/mol. The van der Waals surface area contributed by atoms with Gasteiger partial charge in [0.1, 0.15) is 0 Å². The molecule has 0 bridgehead atoms. The van der Waals surface area contributed by atoms with E-state index in [0.29, 0.717) is 0 Å². The third kappa shape index (κ3) is 19.5. The Morgan fingerprint density at radius 2 is 1.52 bits per heavy atom. The zero-order valence-electron chi connectivity index (χ0n) is 20.4. The van der Waals surface area contributed by atoms with Gasteiger partial charge in [0.25, 0.3) is 0 Å². The summed E-state index contributed by atoms with van der Waals surface area (Å²) in [6.45, 7) is 22.9. The normalized spacial score (nSPS) is 13.2. The molecule has 0 aliphatic heterocycles. The van der Waals surface area contributed by atoms with E-state index in [0.717, 1.165) is 18.3 Å². The SMILES string of the molecule is C=CC1CCCC1.CC.CC.CCCC(C)CC.CCc1ccccc1C. The Hall–Kier alpha value is -1.04. The fourth-order valence-corrected chi connectivity index (χ4v) is 2.90. The van der Waals surface area contributed by atoms with E-state index in [-0.39, 0.29) is 0 Å². The van der Waals surface area contributed by atoms with Crippen molar-refractivity contribution in [3.05, 3.63) is 48.0 Å². The molecule has 0 heterocycles. The van der Waals surface area contributed by atoms with E-state index in [4.69, 9.17) is 0 Å². The first-order valence-electron chi connectivity index (χ1n) is 11.8. The van der Waals surface area contributed by atoms with Crippen LogP contribution in [0.3, 0.4) is 0 Å². The van der Waals surface area contributed by atoms with Gasteiger partial charge in [-0.05, 0) is 49.1 Å². The van der Waals surface area contributed by atoms with Crippen molar-refractivity contribution in [2.24, 2.45) is 11.8 Å². The van der Waals surface area contributed by atoms with Crippen LogP contribution in [0, 0.1) is 18.8 Å². The van der Waals surface area contributed by atoms with E-state index in [1.165, 1.54) is 56.1 Å². The average molecular weight is 377 g/mol. The van der Waals surface area contributed by atoms with Crippen LogP contribution >= 0.6 is 0 Å². The number of benzene rings is 1. The average Bonchev–Trinajstić information content (AvgIpc) is 3.26. The molecular formula is C27H52. The summed E-state index contributed by atoms with van der Waals surface area (Å²) in [5.41, 5.74) is 2.86. The van der Waals surface area contributed by atoms with Gasteiger partial charge in [-0.2, -0.15) is 0 Å². The molecule has 1 saturated carbocycles. The molecule has 1 atom stereocenters. The first kappa shape index (κ1) is 30.7. The maximum atomic E-state index is 3.74. The van der Waals surface area contributed by atoms with Crippen LogP contribution in [0.15, 0.2) is 36.9 Å². The quantitative estimate of drug-likeness (QED) is 0.448. The number of allylic oxidation sites excluding steroid dienone is 1. The standard InChI is InChI=1S/C9H12.C7H12.C7H16.2C2H6/c1-3-9-7-5-4-6-8(9)2;1-2-7-5-3-4-6-7;1-4-6-7(3)5-2;2*1-2/h4-7H,3H2,1-2H3;2,7H,1,3-6H2;7H,4-6H2,1-3H3;2*1-2H3. The predicted octanol–water partition coefficient (Wildman–Crippen LogP) is 9.81. The van der Waals surface area contributed by atoms with Crippen molar-refractivity contribution in [2.75, 3.05) is 0 Å². The van der Waals surface area contributed by atoms with Crippen molar-refractivity contribution in [1.29, 1.82) is 0 Å². The third-order valence-corrected chi connectivity index (χ3v) is 4.85. The van der Waals surface area contributed by atoms with Crippen LogP contribution in [0.4, 0.5) is 0 Å². The number of hydrogen-bond donors (Lipinski definition) is 0. The summed E-state index contributed by atoms with van der Waals surface area (Å²) >= 11 is 0. The minimum Gasteiger partial charge on any atom is -0.103 e. The molecule has 1 unspecified atom stereocenters. The highest BCUT2D eigenvalue weighted by atomic mass is 14.1. The van der Waals surface area contributed by atoms with E-state index in [9.17, 15) is 0 Å². The zero-order valence-corrected chi connectivity index (χ0v) is 20.4. The highest BCUT2D eigenvalue weighted by Crippen LogP contribution is 2.24. The fraction of sp³-hybridized carbons (Fsp3) is 0.704. The van der Waals surface area contributed by atoms with Gasteiger partial charge in [0.05, 0.1) is 0 Å². The van der Waals surface area contributed by atoms with Crippen LogP contribution in [0.5, 0.6) is 0 Å². The largest absolute Gasteiger partial charge is 0.103 e. The molecule has 1 fully saturated rings. The van der Waals surface area contributed by atoms with Crippen LogP contribution in [0.2, 0.25) is 0 Å². The Labute approximate surface area is 173 Å². The minimum absolute atomic E-state index is 0.861. The van der Waals surface area contributed by atoms with Crippen molar-refractivity contribution in [3.8, 4) is 0 Å². The Balaban J connectivity index is -0.000000295. The van der Waals surface area contributed by atoms with Gasteiger partial charge >= 0.3 is 0 Å². The Bertz CT molecular complexity index is 385. The highest BCUT2D eigenvalue weighted by molar-refractivity contribution is 5.24. The smallest absolute Gasteiger partial charge is 0.0236 e. The summed E-state index contributed by atoms with van der Waals surface area (Å²) in [5, 5.41) is 0. The number of hydrogen-bond acceptors (Lipinski definition) is 0. The molecular weight excluding hydrogens is 324 g/mol. The molecule has 0 spiro atoms. The van der Waals surface area contributed by atoms with Gasteiger partial charge in [0.2, 0.25) is 0 Å². The Morgan fingerprint density at radius 3 is 1.78 bits per heavy atom. The first-order chi connectivity index (χ1) is 13.1. The van der Waals surface area contributed by atoms with Crippen molar-refractivity contribution in [2.45, 2.75) is 114 Å². The maximum Gasteiger partial charge on any atom is -0.0236 e. The fourth-order valence-electron chi connectivity index (χ4n) is 2.90. The Kier molecular flexibility index (Phi) is 28.4. The van der Waals surface area contributed by atoms with Crippen LogP contribution in [-0.2, 0) is 6.42 Å². The molecule has 1 aliphatic carbocycles. The van der Waals surface area contributed by atoms with Gasteiger partial charge in [-0.15, -0.1) is 6.58 Å². The second kappa shape index (κ2) is 25.0.